The fourth-order valence-corrected chi connectivity index (χ4v) is 3.32. The quantitative estimate of drug-likeness (QED) is 0.853. The summed E-state index contributed by atoms with van der Waals surface area (Å²) in [4.78, 5) is 19.3. The van der Waals surface area contributed by atoms with E-state index in [-0.39, 0.29) is 11.9 Å². The first-order valence-corrected chi connectivity index (χ1v) is 8.33. The van der Waals surface area contributed by atoms with E-state index in [0.717, 1.165) is 25.7 Å². The molecule has 1 fully saturated rings. The minimum Gasteiger partial charge on any atom is -0.441 e. The van der Waals surface area contributed by atoms with Gasteiger partial charge in [-0.3, -0.25) is 4.79 Å². The van der Waals surface area contributed by atoms with E-state index < -0.39 is 0 Å². The van der Waals surface area contributed by atoms with Gasteiger partial charge in [0.05, 0.1) is 6.54 Å². The van der Waals surface area contributed by atoms with Crippen LogP contribution < -0.4 is 5.73 Å². The van der Waals surface area contributed by atoms with Gasteiger partial charge in [0.25, 0.3) is 5.91 Å². The molecule has 5 heteroatoms. The third-order valence-electron chi connectivity index (χ3n) is 4.45. The smallest absolute Gasteiger partial charge is 0.254 e. The monoisotopic (exact) mass is 325 g/mol. The minimum atomic E-state index is -0.00938. The van der Waals surface area contributed by atoms with Gasteiger partial charge in [0, 0.05) is 24.2 Å². The molecule has 5 nitrogen and oxygen atoms in total. The number of benzene rings is 1. The summed E-state index contributed by atoms with van der Waals surface area (Å²) >= 11 is 0. The van der Waals surface area contributed by atoms with Crippen molar-refractivity contribution in [3.63, 3.8) is 0 Å². The normalized spacial score (nSPS) is 15.8. The first-order chi connectivity index (χ1) is 11.6. The molecule has 1 aromatic carbocycles. The van der Waals surface area contributed by atoms with Gasteiger partial charge in [-0.15, -0.1) is 0 Å². The van der Waals surface area contributed by atoms with Crippen molar-refractivity contribution in [2.24, 2.45) is 5.73 Å². The van der Waals surface area contributed by atoms with Gasteiger partial charge < -0.3 is 15.1 Å². The molecule has 1 aromatic heterocycles. The van der Waals surface area contributed by atoms with E-state index in [1.807, 2.05) is 4.90 Å². The number of allylic oxidation sites excluding steroid dienone is 2. The molecular formula is C19H23N3O2. The van der Waals surface area contributed by atoms with E-state index in [0.29, 0.717) is 34.8 Å². The minimum absolute atomic E-state index is 0.00938. The van der Waals surface area contributed by atoms with Gasteiger partial charge in [-0.25, -0.2) is 4.98 Å². The molecule has 1 amide bonds. The molecule has 24 heavy (non-hydrogen) atoms. The zero-order valence-electron chi connectivity index (χ0n) is 14.0. The van der Waals surface area contributed by atoms with Gasteiger partial charge >= 0.3 is 0 Å². The second-order valence-electron chi connectivity index (χ2n) is 6.26. The van der Waals surface area contributed by atoms with Crippen LogP contribution in [0.1, 0.15) is 41.9 Å². The number of rotatable bonds is 5. The van der Waals surface area contributed by atoms with E-state index in [1.54, 1.807) is 37.3 Å². The molecule has 0 bridgehead atoms. The number of nitrogens with two attached hydrogens (primary N) is 1. The van der Waals surface area contributed by atoms with Crippen LogP contribution in [0.25, 0.3) is 11.1 Å². The van der Waals surface area contributed by atoms with Crippen LogP contribution in [-0.4, -0.2) is 28.4 Å². The number of hydrogen-bond donors (Lipinski definition) is 1. The SMILES string of the molecule is C=C/C=C(\N)CN(C(=O)c1ccc2oc(C)nc2c1)C1CCCC1. The van der Waals surface area contributed by atoms with Crippen molar-refractivity contribution in [2.75, 3.05) is 6.54 Å². The Morgan fingerprint density at radius 3 is 2.92 bits per heavy atom. The molecule has 0 spiro atoms. The predicted molar refractivity (Wildman–Crippen MR) is 94.5 cm³/mol. The van der Waals surface area contributed by atoms with Crippen molar-refractivity contribution in [1.82, 2.24) is 9.88 Å². The van der Waals surface area contributed by atoms with Gasteiger partial charge in [-0.2, -0.15) is 0 Å². The summed E-state index contributed by atoms with van der Waals surface area (Å²) in [6, 6.07) is 5.64. The summed E-state index contributed by atoms with van der Waals surface area (Å²) < 4.78 is 5.48. The van der Waals surface area contributed by atoms with E-state index in [1.165, 1.54) is 0 Å². The average Bonchev–Trinajstić information content (AvgIpc) is 3.19. The molecule has 0 aliphatic heterocycles. The number of aromatic nitrogens is 1. The van der Waals surface area contributed by atoms with E-state index in [2.05, 4.69) is 11.6 Å². The van der Waals surface area contributed by atoms with Crippen LogP contribution in [-0.2, 0) is 0 Å². The molecule has 0 radical (unpaired) electrons. The Hall–Kier alpha value is -2.56. The number of hydrogen-bond acceptors (Lipinski definition) is 4. The Kier molecular flexibility index (Phi) is 4.69. The zero-order valence-corrected chi connectivity index (χ0v) is 14.0. The van der Waals surface area contributed by atoms with Crippen LogP contribution in [0.4, 0.5) is 0 Å². The summed E-state index contributed by atoms with van der Waals surface area (Å²) in [6.07, 6.45) is 7.76. The Balaban J connectivity index is 1.90. The average molecular weight is 325 g/mol. The fourth-order valence-electron chi connectivity index (χ4n) is 3.32. The lowest BCUT2D eigenvalue weighted by Gasteiger charge is -2.29. The fraction of sp³-hybridized carbons (Fsp3) is 0.368. The Labute approximate surface area is 141 Å². The number of amides is 1. The van der Waals surface area contributed by atoms with Crippen LogP contribution in [0.5, 0.6) is 0 Å². The Morgan fingerprint density at radius 2 is 2.21 bits per heavy atom. The van der Waals surface area contributed by atoms with Crippen LogP contribution in [0, 0.1) is 6.92 Å². The standard InChI is InChI=1S/C19H23N3O2/c1-3-6-15(20)12-22(16-7-4-5-8-16)19(23)14-9-10-18-17(11-14)21-13(2)24-18/h3,6,9-11,16H,1,4-5,7-8,12,20H2,2H3/b15-6-. The van der Waals surface area contributed by atoms with E-state index in [9.17, 15) is 4.79 Å². The number of carbonyl (C=O) groups excluding carboxylic acids is 1. The summed E-state index contributed by atoms with van der Waals surface area (Å²) in [5.41, 5.74) is 8.70. The zero-order chi connectivity index (χ0) is 17.1. The van der Waals surface area contributed by atoms with E-state index >= 15 is 0 Å². The number of oxazole rings is 1. The number of aryl methyl sites for hydroxylation is 1. The first kappa shape index (κ1) is 16.3. The summed E-state index contributed by atoms with van der Waals surface area (Å²) in [6.45, 7) is 5.89. The lowest BCUT2D eigenvalue weighted by molar-refractivity contribution is 0.0700. The molecule has 2 aromatic rings. The second-order valence-corrected chi connectivity index (χ2v) is 6.26. The molecule has 2 N–H and O–H groups in total. The van der Waals surface area contributed by atoms with Crippen molar-refractivity contribution in [1.29, 1.82) is 0 Å². The summed E-state index contributed by atoms with van der Waals surface area (Å²) in [5, 5.41) is 0. The van der Waals surface area contributed by atoms with Crippen molar-refractivity contribution in [2.45, 2.75) is 38.6 Å². The molecule has 0 unspecified atom stereocenters. The Morgan fingerprint density at radius 1 is 1.46 bits per heavy atom. The first-order valence-electron chi connectivity index (χ1n) is 8.33. The van der Waals surface area contributed by atoms with Gasteiger partial charge in [0.15, 0.2) is 11.5 Å². The highest BCUT2D eigenvalue weighted by atomic mass is 16.3. The van der Waals surface area contributed by atoms with Crippen molar-refractivity contribution < 1.29 is 9.21 Å². The van der Waals surface area contributed by atoms with Crippen LogP contribution >= 0.6 is 0 Å². The third kappa shape index (κ3) is 3.35. The molecular weight excluding hydrogens is 302 g/mol. The van der Waals surface area contributed by atoms with Gasteiger partial charge in [0.1, 0.15) is 5.52 Å². The van der Waals surface area contributed by atoms with Crippen molar-refractivity contribution in [3.05, 3.63) is 54.1 Å². The number of carbonyl (C=O) groups is 1. The predicted octanol–water partition coefficient (Wildman–Crippen LogP) is 3.55. The summed E-state index contributed by atoms with van der Waals surface area (Å²) in [5.74, 6) is 0.588. The summed E-state index contributed by atoms with van der Waals surface area (Å²) in [7, 11) is 0. The highest BCUT2D eigenvalue weighted by Crippen LogP contribution is 2.26. The van der Waals surface area contributed by atoms with Crippen LogP contribution in [0.15, 0.2) is 47.0 Å². The number of fused-ring (bicyclic) bond motifs is 1. The number of nitrogens with zero attached hydrogens (tertiary/aromatic N) is 2. The van der Waals surface area contributed by atoms with Crippen LogP contribution in [0.2, 0.25) is 0 Å². The third-order valence-corrected chi connectivity index (χ3v) is 4.45. The lowest BCUT2D eigenvalue weighted by atomic mass is 10.1. The molecule has 0 saturated heterocycles. The molecule has 1 aliphatic carbocycles. The molecule has 1 heterocycles. The molecule has 1 saturated carbocycles. The molecule has 1 aliphatic rings. The van der Waals surface area contributed by atoms with Gasteiger partial charge in [-0.05, 0) is 37.1 Å². The van der Waals surface area contributed by atoms with E-state index in [4.69, 9.17) is 10.2 Å². The lowest BCUT2D eigenvalue weighted by Crippen LogP contribution is -2.41. The maximum atomic E-state index is 13.1. The van der Waals surface area contributed by atoms with Gasteiger partial charge in [-0.1, -0.05) is 25.5 Å². The molecule has 0 atom stereocenters. The Bertz CT molecular complexity index is 785. The highest BCUT2D eigenvalue weighted by Gasteiger charge is 2.28. The van der Waals surface area contributed by atoms with Gasteiger partial charge in [0.2, 0.25) is 0 Å². The van der Waals surface area contributed by atoms with Crippen LogP contribution in [0.3, 0.4) is 0 Å². The maximum Gasteiger partial charge on any atom is 0.254 e. The topological polar surface area (TPSA) is 72.4 Å². The second kappa shape index (κ2) is 6.91. The van der Waals surface area contributed by atoms with Crippen molar-refractivity contribution >= 4 is 17.0 Å². The highest BCUT2D eigenvalue weighted by molar-refractivity contribution is 5.97. The largest absolute Gasteiger partial charge is 0.441 e. The molecule has 3 rings (SSSR count). The molecule has 126 valence electrons. The van der Waals surface area contributed by atoms with Crippen molar-refractivity contribution in [3.8, 4) is 0 Å². The maximum absolute atomic E-state index is 13.1.